The first-order valence-corrected chi connectivity index (χ1v) is 22.7. The van der Waals surface area contributed by atoms with Gasteiger partial charge in [0.15, 0.2) is 18.4 Å². The molecule has 2 saturated carbocycles. The topological polar surface area (TPSA) is 143 Å². The van der Waals surface area contributed by atoms with Crippen LogP contribution in [0.5, 0.6) is 0 Å². The minimum atomic E-state index is -0.785. The maximum absolute atomic E-state index is 15.1. The quantitative estimate of drug-likeness (QED) is 0.261. The van der Waals surface area contributed by atoms with Gasteiger partial charge in [0.05, 0.1) is 43.0 Å². The van der Waals surface area contributed by atoms with E-state index in [1.165, 1.54) is 0 Å². The van der Waals surface area contributed by atoms with Crippen LogP contribution in [0.25, 0.3) is 0 Å². The summed E-state index contributed by atoms with van der Waals surface area (Å²) in [5, 5.41) is 16.3. The van der Waals surface area contributed by atoms with E-state index in [4.69, 9.17) is 37.9 Å². The average Bonchev–Trinajstić information content (AvgIpc) is 3.82. The molecule has 2 N–H and O–H groups in total. The van der Waals surface area contributed by atoms with Crippen molar-refractivity contribution in [3.63, 3.8) is 0 Å². The standard InChI is InChI=1S/C47H72N2O11/c1-10-29-17-14-18-37(60-39-20-19-36(49(5)6)26(3)56-39)25(2)42(51)35-23-32-31-21-30(59-47-46(55-9)45(54-8)44(53-7)27(4)57-47)22-34(31)43(52)41(48-28-15-12-11-13-16-28)40(32)33(35)24-38(50)58-29/h11-13,15-16,23,25-27,29-34,36-37,39-41,43-48,52H,10,14,17-22,24H2,1-9H3/t25-,26-,27+,29+,30+,31+,32+,33-,34-,36+,37+,39+,40-,41-,43-,44+,45-,46-,47+/m1/s1. The van der Waals surface area contributed by atoms with Crippen LogP contribution >= 0.6 is 0 Å². The smallest absolute Gasteiger partial charge is 0.306 e. The van der Waals surface area contributed by atoms with Gasteiger partial charge < -0.3 is 53.2 Å². The third kappa shape index (κ3) is 9.40. The number of fused-ring (bicyclic) bond motifs is 5. The van der Waals surface area contributed by atoms with E-state index in [0.29, 0.717) is 43.7 Å². The molecule has 19 atom stereocenters. The van der Waals surface area contributed by atoms with Crippen LogP contribution in [0.2, 0.25) is 0 Å². The van der Waals surface area contributed by atoms with Crippen molar-refractivity contribution in [3.8, 4) is 0 Å². The summed E-state index contributed by atoms with van der Waals surface area (Å²) < 4.78 is 50.1. The molecule has 13 nitrogen and oxygen atoms in total. The largest absolute Gasteiger partial charge is 0.462 e. The summed E-state index contributed by atoms with van der Waals surface area (Å²) in [6.07, 6.45) is 3.64. The van der Waals surface area contributed by atoms with E-state index < -0.39 is 48.8 Å². The Morgan fingerprint density at radius 3 is 2.23 bits per heavy atom. The summed E-state index contributed by atoms with van der Waals surface area (Å²) in [6.45, 7) is 8.08. The van der Waals surface area contributed by atoms with Gasteiger partial charge in [-0.15, -0.1) is 0 Å². The second-order valence-corrected chi connectivity index (χ2v) is 18.6. The van der Waals surface area contributed by atoms with Crippen LogP contribution < -0.4 is 5.32 Å². The van der Waals surface area contributed by atoms with E-state index >= 15 is 4.79 Å². The zero-order chi connectivity index (χ0) is 42.8. The molecule has 13 heteroatoms. The summed E-state index contributed by atoms with van der Waals surface area (Å²) >= 11 is 0. The number of rotatable bonds is 11. The van der Waals surface area contributed by atoms with E-state index in [2.05, 4.69) is 44.2 Å². The number of allylic oxidation sites excluding steroid dienone is 2. The second kappa shape index (κ2) is 19.9. The Morgan fingerprint density at radius 2 is 1.57 bits per heavy atom. The average molecular weight is 841 g/mol. The summed E-state index contributed by atoms with van der Waals surface area (Å²) in [7, 11) is 9.06. The molecule has 6 aliphatic rings. The molecule has 5 fully saturated rings. The zero-order valence-electron chi connectivity index (χ0n) is 37.3. The van der Waals surface area contributed by atoms with Gasteiger partial charge in [-0.3, -0.25) is 9.59 Å². The number of carbonyl (C=O) groups is 2. The minimum Gasteiger partial charge on any atom is -0.462 e. The molecule has 1 aromatic carbocycles. The normalized spacial score (nSPS) is 43.9. The van der Waals surface area contributed by atoms with Gasteiger partial charge in [-0.1, -0.05) is 38.1 Å². The number of benzene rings is 1. The van der Waals surface area contributed by atoms with Crippen LogP contribution in [0.3, 0.4) is 0 Å². The van der Waals surface area contributed by atoms with Gasteiger partial charge in [0.2, 0.25) is 0 Å². The van der Waals surface area contributed by atoms with Crippen LogP contribution in [0.15, 0.2) is 42.0 Å². The zero-order valence-corrected chi connectivity index (χ0v) is 37.3. The molecule has 3 saturated heterocycles. The fourth-order valence-electron chi connectivity index (χ4n) is 11.9. The number of cyclic esters (lactones) is 1. The van der Waals surface area contributed by atoms with E-state index in [0.717, 1.165) is 24.9 Å². The molecular formula is C47H72N2O11. The number of aliphatic hydroxyl groups excluding tert-OH is 1. The summed E-state index contributed by atoms with van der Waals surface area (Å²) in [5.74, 6) is -1.76. The Morgan fingerprint density at radius 1 is 0.850 bits per heavy atom. The number of methoxy groups -OCH3 is 3. The molecule has 0 spiro atoms. The van der Waals surface area contributed by atoms with Crippen LogP contribution in [0.4, 0.5) is 5.69 Å². The number of likely N-dealkylation sites (N-methyl/N-ethyl adjacent to an activating group) is 1. The van der Waals surface area contributed by atoms with Gasteiger partial charge in [0.25, 0.3) is 0 Å². The molecule has 336 valence electrons. The highest BCUT2D eigenvalue weighted by atomic mass is 16.7. The van der Waals surface area contributed by atoms with E-state index in [1.807, 2.05) is 44.2 Å². The lowest BCUT2D eigenvalue weighted by atomic mass is 9.62. The van der Waals surface area contributed by atoms with Crippen molar-refractivity contribution in [2.24, 2.45) is 35.5 Å². The summed E-state index contributed by atoms with van der Waals surface area (Å²) in [5.41, 5.74) is 1.52. The minimum absolute atomic E-state index is 0.00373. The molecule has 0 aromatic heterocycles. The lowest BCUT2D eigenvalue weighted by molar-refractivity contribution is -0.314. The molecule has 7 rings (SSSR count). The Kier molecular flexibility index (Phi) is 15.1. The van der Waals surface area contributed by atoms with Gasteiger partial charge in [0, 0.05) is 44.9 Å². The molecule has 3 aliphatic carbocycles. The number of para-hydroxylation sites is 1. The number of esters is 1. The van der Waals surface area contributed by atoms with Crippen molar-refractivity contribution >= 4 is 17.4 Å². The lowest BCUT2D eigenvalue weighted by Gasteiger charge is -2.47. The monoisotopic (exact) mass is 841 g/mol. The number of nitrogens with one attached hydrogen (secondary N) is 1. The number of ketones is 1. The molecule has 0 unspecified atom stereocenters. The van der Waals surface area contributed by atoms with E-state index in [1.54, 1.807) is 21.3 Å². The number of Topliss-reactive ketones (excluding diaryl/α,β-unsaturated/α-hetero) is 1. The van der Waals surface area contributed by atoms with Crippen LogP contribution in [0, 0.1) is 35.5 Å². The fourth-order valence-corrected chi connectivity index (χ4v) is 11.9. The molecule has 3 heterocycles. The number of ether oxygens (including phenoxy) is 8. The molecule has 60 heavy (non-hydrogen) atoms. The van der Waals surface area contributed by atoms with Crippen LogP contribution in [-0.2, 0) is 47.5 Å². The number of hydrogen-bond acceptors (Lipinski definition) is 13. The fraction of sp³-hybridized carbons (Fsp3) is 0.787. The van der Waals surface area contributed by atoms with Crippen molar-refractivity contribution < 1.29 is 52.6 Å². The first-order chi connectivity index (χ1) is 28.9. The molecular weight excluding hydrogens is 769 g/mol. The third-order valence-electron chi connectivity index (χ3n) is 15.0. The molecule has 3 aliphatic heterocycles. The number of anilines is 1. The maximum Gasteiger partial charge on any atom is 0.306 e. The molecule has 0 amide bonds. The number of carbonyl (C=O) groups excluding carboxylic acids is 2. The van der Waals surface area contributed by atoms with Crippen LogP contribution in [0.1, 0.15) is 85.5 Å². The lowest BCUT2D eigenvalue weighted by Crippen LogP contribution is -2.59. The second-order valence-electron chi connectivity index (χ2n) is 18.6. The van der Waals surface area contributed by atoms with Crippen molar-refractivity contribution in [1.82, 2.24) is 4.90 Å². The maximum atomic E-state index is 15.1. The first kappa shape index (κ1) is 45.6. The summed E-state index contributed by atoms with van der Waals surface area (Å²) in [4.78, 5) is 31.3. The van der Waals surface area contributed by atoms with Gasteiger partial charge in [0.1, 0.15) is 24.4 Å². The Balaban J connectivity index is 1.20. The highest BCUT2D eigenvalue weighted by Crippen LogP contribution is 2.57. The van der Waals surface area contributed by atoms with Crippen molar-refractivity contribution in [3.05, 3.63) is 42.0 Å². The number of nitrogens with zero attached hydrogens (tertiary/aromatic N) is 1. The van der Waals surface area contributed by atoms with E-state index in [-0.39, 0.29) is 78.5 Å². The van der Waals surface area contributed by atoms with Gasteiger partial charge in [-0.25, -0.2) is 0 Å². The Bertz CT molecular complexity index is 1610. The third-order valence-corrected chi connectivity index (χ3v) is 15.0. The predicted octanol–water partition coefficient (Wildman–Crippen LogP) is 5.77. The van der Waals surface area contributed by atoms with Gasteiger partial charge in [-0.05, 0) is 121 Å². The Labute approximate surface area is 357 Å². The molecule has 0 bridgehead atoms. The van der Waals surface area contributed by atoms with Crippen molar-refractivity contribution in [2.45, 2.75) is 165 Å². The highest BCUT2D eigenvalue weighted by Gasteiger charge is 2.60. The molecule has 1 aromatic rings. The van der Waals surface area contributed by atoms with E-state index in [9.17, 15) is 9.90 Å². The van der Waals surface area contributed by atoms with Gasteiger partial charge >= 0.3 is 5.97 Å². The first-order valence-electron chi connectivity index (χ1n) is 22.7. The number of aliphatic hydroxyl groups is 1. The SMILES string of the molecule is CC[C@H]1CCC[C@H](O[C@H]2CC[C@H](N(C)C)[C@@H](C)O2)[C@@H](C)C(=O)C2=C[C@H]3[C@@H]4C[C@H](O[C@@H]5O[C@@H](C)[C@H](OC)[C@@H](OC)[C@H]5OC)C[C@H]4[C@@H](O)[C@H](Nc4ccccc4)[C@H]3[C@@H]2CC(=O)O1. The van der Waals surface area contributed by atoms with Crippen molar-refractivity contribution in [1.29, 1.82) is 0 Å². The van der Waals surface area contributed by atoms with Gasteiger partial charge in [-0.2, -0.15) is 0 Å². The molecule has 0 radical (unpaired) electrons. The summed E-state index contributed by atoms with van der Waals surface area (Å²) in [6, 6.07) is 9.74. The number of hydrogen-bond donors (Lipinski definition) is 2. The predicted molar refractivity (Wildman–Crippen MR) is 225 cm³/mol. The van der Waals surface area contributed by atoms with Crippen molar-refractivity contribution in [2.75, 3.05) is 40.7 Å². The highest BCUT2D eigenvalue weighted by molar-refractivity contribution is 5.99. The van der Waals surface area contributed by atoms with Crippen LogP contribution in [-0.4, -0.2) is 137 Å². The Hall–Kier alpha value is -2.46.